The van der Waals surface area contributed by atoms with Crippen LogP contribution in [0.3, 0.4) is 0 Å². The highest BCUT2D eigenvalue weighted by Crippen LogP contribution is 2.26. The quantitative estimate of drug-likeness (QED) is 0.872. The molecule has 1 saturated heterocycles. The van der Waals surface area contributed by atoms with Gasteiger partial charge in [-0.1, -0.05) is 22.4 Å². The van der Waals surface area contributed by atoms with Crippen LogP contribution in [0.25, 0.3) is 0 Å². The number of likely N-dealkylation sites (N-methyl/N-ethyl adjacent to an activating group) is 1. The summed E-state index contributed by atoms with van der Waals surface area (Å²) in [5, 5.41) is 0. The van der Waals surface area contributed by atoms with Crippen molar-refractivity contribution in [1.29, 1.82) is 0 Å². The monoisotopic (exact) mass is 298 g/mol. The lowest BCUT2D eigenvalue weighted by atomic mass is 10.0. The van der Waals surface area contributed by atoms with E-state index < -0.39 is 0 Å². The van der Waals surface area contributed by atoms with Gasteiger partial charge in [-0.2, -0.15) is 0 Å². The average Bonchev–Trinajstić information content (AvgIpc) is 2.32. The number of nitrogens with zero attached hydrogens (tertiary/aromatic N) is 1. The Morgan fingerprint density at radius 2 is 2.29 bits per heavy atom. The van der Waals surface area contributed by atoms with E-state index in [2.05, 4.69) is 27.9 Å². The fourth-order valence-electron chi connectivity index (χ4n) is 2.17. The summed E-state index contributed by atoms with van der Waals surface area (Å²) in [7, 11) is 2.16. The molecule has 0 aromatic heterocycles. The maximum atomic E-state index is 5.88. The molecule has 1 heterocycles. The van der Waals surface area contributed by atoms with E-state index >= 15 is 0 Å². The Morgan fingerprint density at radius 3 is 3.06 bits per heavy atom. The molecule has 4 heteroatoms. The predicted octanol–water partition coefficient (Wildman–Crippen LogP) is 2.89. The van der Waals surface area contributed by atoms with Gasteiger partial charge in [-0.25, -0.2) is 0 Å². The van der Waals surface area contributed by atoms with Crippen LogP contribution < -0.4 is 10.5 Å². The molecular formula is C13H19BrN2O. The second-order valence-corrected chi connectivity index (χ2v) is 5.54. The number of nitrogens with two attached hydrogens (primary N) is 1. The number of halogens is 1. The molecule has 1 aromatic carbocycles. The molecule has 1 aliphatic rings. The molecule has 0 bridgehead atoms. The molecule has 1 aromatic rings. The van der Waals surface area contributed by atoms with E-state index in [1.807, 2.05) is 18.2 Å². The molecule has 2 rings (SSSR count). The van der Waals surface area contributed by atoms with Crippen molar-refractivity contribution in [1.82, 2.24) is 4.90 Å². The molecule has 0 spiro atoms. The zero-order valence-electron chi connectivity index (χ0n) is 10.2. The van der Waals surface area contributed by atoms with Crippen molar-refractivity contribution in [2.45, 2.75) is 25.3 Å². The van der Waals surface area contributed by atoms with Gasteiger partial charge in [-0.15, -0.1) is 0 Å². The fourth-order valence-corrected chi connectivity index (χ4v) is 2.51. The van der Waals surface area contributed by atoms with Crippen molar-refractivity contribution in [2.24, 2.45) is 0 Å². The summed E-state index contributed by atoms with van der Waals surface area (Å²) in [5.74, 6) is 0.776. The summed E-state index contributed by atoms with van der Waals surface area (Å²) in [6.07, 6.45) is 3.81. The van der Waals surface area contributed by atoms with Gasteiger partial charge in [-0.05, 0) is 44.6 Å². The third kappa shape index (κ3) is 3.36. The van der Waals surface area contributed by atoms with E-state index in [1.165, 1.54) is 25.8 Å². The molecule has 0 amide bonds. The van der Waals surface area contributed by atoms with Gasteiger partial charge in [0, 0.05) is 10.5 Å². The normalized spacial score (nSPS) is 21.4. The Labute approximate surface area is 111 Å². The third-order valence-electron chi connectivity index (χ3n) is 3.33. The van der Waals surface area contributed by atoms with Gasteiger partial charge < -0.3 is 15.4 Å². The summed E-state index contributed by atoms with van der Waals surface area (Å²) in [6.45, 7) is 1.89. The first-order chi connectivity index (χ1) is 8.16. The highest BCUT2D eigenvalue weighted by atomic mass is 79.9. The lowest BCUT2D eigenvalue weighted by molar-refractivity contribution is 0.125. The van der Waals surface area contributed by atoms with Crippen molar-refractivity contribution in [3.63, 3.8) is 0 Å². The van der Waals surface area contributed by atoms with Gasteiger partial charge in [0.05, 0.1) is 5.69 Å². The summed E-state index contributed by atoms with van der Waals surface area (Å²) in [4.78, 5) is 2.37. The van der Waals surface area contributed by atoms with Crippen LogP contribution in [0.4, 0.5) is 5.69 Å². The number of rotatable bonds is 3. The minimum atomic E-state index is 0.516. The number of hydrogen-bond acceptors (Lipinski definition) is 3. The van der Waals surface area contributed by atoms with Crippen molar-refractivity contribution < 1.29 is 4.74 Å². The summed E-state index contributed by atoms with van der Waals surface area (Å²) >= 11 is 3.43. The van der Waals surface area contributed by atoms with Gasteiger partial charge >= 0.3 is 0 Å². The van der Waals surface area contributed by atoms with Crippen molar-refractivity contribution >= 4 is 21.6 Å². The van der Waals surface area contributed by atoms with Crippen LogP contribution in [0.15, 0.2) is 22.7 Å². The van der Waals surface area contributed by atoms with Gasteiger partial charge in [0.15, 0.2) is 0 Å². The first kappa shape index (κ1) is 12.7. The smallest absolute Gasteiger partial charge is 0.143 e. The number of likely N-dealkylation sites (tertiary alicyclic amines) is 1. The lowest BCUT2D eigenvalue weighted by Gasteiger charge is -2.32. The Morgan fingerprint density at radius 1 is 1.47 bits per heavy atom. The number of ether oxygens (including phenoxy) is 1. The number of benzene rings is 1. The van der Waals surface area contributed by atoms with Gasteiger partial charge in [0.25, 0.3) is 0 Å². The number of piperidine rings is 1. The van der Waals surface area contributed by atoms with E-state index in [0.717, 1.165) is 16.8 Å². The standard InChI is InChI=1S/C13H19BrN2O/c1-16-7-3-2-4-11(16)9-17-13-8-10(14)5-6-12(13)15/h5-6,8,11H,2-4,7,9,15H2,1H3. The molecule has 1 aliphatic heterocycles. The zero-order valence-corrected chi connectivity index (χ0v) is 11.7. The molecule has 0 aliphatic carbocycles. The Bertz CT molecular complexity index is 384. The molecular weight excluding hydrogens is 280 g/mol. The van der Waals surface area contributed by atoms with Gasteiger partial charge in [-0.3, -0.25) is 0 Å². The Kier molecular flexibility index (Phi) is 4.29. The van der Waals surface area contributed by atoms with Crippen LogP contribution in [0.1, 0.15) is 19.3 Å². The van der Waals surface area contributed by atoms with Crippen LogP contribution in [-0.4, -0.2) is 31.1 Å². The van der Waals surface area contributed by atoms with Crippen molar-refractivity contribution in [2.75, 3.05) is 25.9 Å². The maximum absolute atomic E-state index is 5.88. The van der Waals surface area contributed by atoms with E-state index in [9.17, 15) is 0 Å². The topological polar surface area (TPSA) is 38.5 Å². The zero-order chi connectivity index (χ0) is 12.3. The van der Waals surface area contributed by atoms with Crippen LogP contribution >= 0.6 is 15.9 Å². The lowest BCUT2D eigenvalue weighted by Crippen LogP contribution is -2.40. The summed E-state index contributed by atoms with van der Waals surface area (Å²) in [6, 6.07) is 6.24. The van der Waals surface area contributed by atoms with Crippen LogP contribution in [0.5, 0.6) is 5.75 Å². The molecule has 0 saturated carbocycles. The minimum absolute atomic E-state index is 0.516. The van der Waals surface area contributed by atoms with E-state index in [0.29, 0.717) is 11.7 Å². The molecule has 1 fully saturated rings. The molecule has 0 radical (unpaired) electrons. The Hall–Kier alpha value is -0.740. The summed E-state index contributed by atoms with van der Waals surface area (Å²) in [5.41, 5.74) is 6.58. The van der Waals surface area contributed by atoms with Crippen molar-refractivity contribution in [3.05, 3.63) is 22.7 Å². The minimum Gasteiger partial charge on any atom is -0.490 e. The van der Waals surface area contributed by atoms with E-state index in [-0.39, 0.29) is 0 Å². The molecule has 2 N–H and O–H groups in total. The number of nitrogen functional groups attached to an aromatic ring is 1. The molecule has 17 heavy (non-hydrogen) atoms. The second kappa shape index (κ2) is 5.74. The third-order valence-corrected chi connectivity index (χ3v) is 3.82. The SMILES string of the molecule is CN1CCCCC1COc1cc(Br)ccc1N. The molecule has 1 unspecified atom stereocenters. The predicted molar refractivity (Wildman–Crippen MR) is 74.3 cm³/mol. The Balaban J connectivity index is 1.94. The van der Waals surface area contributed by atoms with Crippen LogP contribution in [0.2, 0.25) is 0 Å². The molecule has 3 nitrogen and oxygen atoms in total. The highest BCUT2D eigenvalue weighted by Gasteiger charge is 2.19. The highest BCUT2D eigenvalue weighted by molar-refractivity contribution is 9.10. The van der Waals surface area contributed by atoms with E-state index in [4.69, 9.17) is 10.5 Å². The van der Waals surface area contributed by atoms with Crippen LogP contribution in [0, 0.1) is 0 Å². The van der Waals surface area contributed by atoms with Gasteiger partial charge in [0.1, 0.15) is 12.4 Å². The summed E-state index contributed by atoms with van der Waals surface area (Å²) < 4.78 is 6.83. The largest absolute Gasteiger partial charge is 0.490 e. The average molecular weight is 299 g/mol. The van der Waals surface area contributed by atoms with Crippen LogP contribution in [-0.2, 0) is 0 Å². The van der Waals surface area contributed by atoms with Gasteiger partial charge in [0.2, 0.25) is 0 Å². The first-order valence-electron chi connectivity index (χ1n) is 6.05. The number of hydrogen-bond donors (Lipinski definition) is 1. The number of anilines is 1. The molecule has 1 atom stereocenters. The second-order valence-electron chi connectivity index (χ2n) is 4.62. The first-order valence-corrected chi connectivity index (χ1v) is 6.84. The van der Waals surface area contributed by atoms with Crippen molar-refractivity contribution in [3.8, 4) is 5.75 Å². The molecule has 94 valence electrons. The van der Waals surface area contributed by atoms with E-state index in [1.54, 1.807) is 0 Å². The fraction of sp³-hybridized carbons (Fsp3) is 0.538. The maximum Gasteiger partial charge on any atom is 0.143 e.